The third kappa shape index (κ3) is 4.47. The first-order chi connectivity index (χ1) is 14.9. The number of rotatable bonds is 6. The summed E-state index contributed by atoms with van der Waals surface area (Å²) in [6.07, 6.45) is 3.28. The third-order valence-corrected chi connectivity index (χ3v) is 6.57. The quantitative estimate of drug-likeness (QED) is 0.472. The van der Waals surface area contributed by atoms with Crippen molar-refractivity contribution in [3.8, 4) is 17.3 Å². The van der Waals surface area contributed by atoms with Crippen LogP contribution < -0.4 is 4.72 Å². The zero-order valence-electron chi connectivity index (χ0n) is 16.7. The van der Waals surface area contributed by atoms with Crippen LogP contribution in [0.1, 0.15) is 16.7 Å². The van der Waals surface area contributed by atoms with Gasteiger partial charge in [0.15, 0.2) is 0 Å². The zero-order valence-corrected chi connectivity index (χ0v) is 18.3. The van der Waals surface area contributed by atoms with Gasteiger partial charge in [0.2, 0.25) is 10.0 Å². The Bertz CT molecular complexity index is 1410. The molecule has 6 nitrogen and oxygen atoms in total. The van der Waals surface area contributed by atoms with Crippen molar-refractivity contribution in [2.75, 3.05) is 0 Å². The second-order valence-electron chi connectivity index (χ2n) is 7.20. The molecule has 0 radical (unpaired) electrons. The highest BCUT2D eigenvalue weighted by Gasteiger charge is 2.18. The molecule has 156 valence electrons. The molecule has 0 atom stereocenters. The van der Waals surface area contributed by atoms with Crippen LogP contribution in [0.4, 0.5) is 0 Å². The topological polar surface area (TPSA) is 87.8 Å². The fourth-order valence-corrected chi connectivity index (χ4v) is 4.90. The first-order valence-corrected chi connectivity index (χ1v) is 11.5. The van der Waals surface area contributed by atoms with Gasteiger partial charge in [-0.1, -0.05) is 41.9 Å². The lowest BCUT2D eigenvalue weighted by molar-refractivity contribution is 0.580. The summed E-state index contributed by atoms with van der Waals surface area (Å²) in [6, 6.07) is 18.5. The maximum absolute atomic E-state index is 12.4. The molecule has 0 spiro atoms. The predicted molar refractivity (Wildman–Crippen MR) is 122 cm³/mol. The number of hydrogen-bond donors (Lipinski definition) is 1. The van der Waals surface area contributed by atoms with E-state index in [2.05, 4.69) is 15.8 Å². The highest BCUT2D eigenvalue weighted by atomic mass is 35.5. The normalized spacial score (nSPS) is 11.5. The van der Waals surface area contributed by atoms with E-state index in [1.807, 2.05) is 48.0 Å². The summed E-state index contributed by atoms with van der Waals surface area (Å²) in [4.78, 5) is 4.27. The van der Waals surface area contributed by atoms with Gasteiger partial charge in [-0.25, -0.2) is 13.1 Å². The molecule has 0 amide bonds. The Balaban J connectivity index is 1.62. The number of nitrogens with zero attached hydrogens (tertiary/aromatic N) is 3. The van der Waals surface area contributed by atoms with Crippen LogP contribution in [-0.4, -0.2) is 18.0 Å². The Kier molecular flexibility index (Phi) is 5.79. The molecule has 31 heavy (non-hydrogen) atoms. The third-order valence-electron chi connectivity index (χ3n) is 5.04. The Morgan fingerprint density at radius 2 is 1.87 bits per heavy atom. The molecule has 2 heterocycles. The SMILES string of the molecule is Cn1c(-c2cncc(CNS(=O)(=O)Cc3ccccc3)c2)c(C#N)c2ccc(Cl)cc21. The minimum absolute atomic E-state index is 0.0938. The van der Waals surface area contributed by atoms with E-state index in [0.29, 0.717) is 21.8 Å². The van der Waals surface area contributed by atoms with E-state index in [1.54, 1.807) is 30.6 Å². The fourth-order valence-electron chi connectivity index (χ4n) is 3.61. The van der Waals surface area contributed by atoms with Crippen LogP contribution in [0, 0.1) is 11.3 Å². The number of aromatic nitrogens is 2. The lowest BCUT2D eigenvalue weighted by Crippen LogP contribution is -2.24. The Morgan fingerprint density at radius 3 is 2.61 bits per heavy atom. The average molecular weight is 451 g/mol. The maximum Gasteiger partial charge on any atom is 0.216 e. The summed E-state index contributed by atoms with van der Waals surface area (Å²) >= 11 is 6.13. The van der Waals surface area contributed by atoms with Crippen molar-refractivity contribution < 1.29 is 8.42 Å². The maximum atomic E-state index is 12.4. The van der Waals surface area contributed by atoms with Gasteiger partial charge in [0.05, 0.1) is 22.5 Å². The lowest BCUT2D eigenvalue weighted by atomic mass is 10.1. The molecular formula is C23H19ClN4O2S. The predicted octanol–water partition coefficient (Wildman–Crippen LogP) is 4.38. The molecule has 0 fully saturated rings. The molecule has 0 saturated carbocycles. The molecule has 4 aromatic rings. The second kappa shape index (κ2) is 8.52. The van der Waals surface area contributed by atoms with Crippen molar-refractivity contribution in [3.05, 3.63) is 88.7 Å². The molecule has 8 heteroatoms. The summed E-state index contributed by atoms with van der Waals surface area (Å²) in [6.45, 7) is 0.105. The number of halogens is 1. The number of aryl methyl sites for hydroxylation is 1. The van der Waals surface area contributed by atoms with Crippen LogP contribution >= 0.6 is 11.6 Å². The van der Waals surface area contributed by atoms with Crippen molar-refractivity contribution in [2.24, 2.45) is 7.05 Å². The highest BCUT2D eigenvalue weighted by Crippen LogP contribution is 2.33. The zero-order chi connectivity index (χ0) is 22.0. The second-order valence-corrected chi connectivity index (χ2v) is 9.45. The standard InChI is InChI=1S/C23H19ClN4O2S/c1-28-22-10-19(24)7-8-20(22)21(11-25)23(28)18-9-17(12-26-14-18)13-27-31(29,30)15-16-5-3-2-4-6-16/h2-10,12,14,27H,13,15H2,1H3. The van der Waals surface area contributed by atoms with E-state index >= 15 is 0 Å². The number of nitriles is 1. The van der Waals surface area contributed by atoms with Gasteiger partial charge in [-0.2, -0.15) is 5.26 Å². The molecule has 0 aliphatic carbocycles. The van der Waals surface area contributed by atoms with Crippen molar-refractivity contribution in [3.63, 3.8) is 0 Å². The monoisotopic (exact) mass is 450 g/mol. The number of sulfonamides is 1. The van der Waals surface area contributed by atoms with Crippen LogP contribution in [0.25, 0.3) is 22.2 Å². The van der Waals surface area contributed by atoms with Crippen molar-refractivity contribution in [2.45, 2.75) is 12.3 Å². The molecule has 0 aliphatic heterocycles. The van der Waals surface area contributed by atoms with Gasteiger partial charge in [0.1, 0.15) is 6.07 Å². The van der Waals surface area contributed by atoms with Gasteiger partial charge >= 0.3 is 0 Å². The number of nitrogens with one attached hydrogen (secondary N) is 1. The molecule has 4 rings (SSSR count). The van der Waals surface area contributed by atoms with Gasteiger partial charge in [-0.05, 0) is 35.4 Å². The summed E-state index contributed by atoms with van der Waals surface area (Å²) in [5.41, 5.74) is 4.22. The fraction of sp³-hybridized carbons (Fsp3) is 0.130. The van der Waals surface area contributed by atoms with E-state index in [4.69, 9.17) is 11.6 Å². The van der Waals surface area contributed by atoms with Crippen molar-refractivity contribution in [1.82, 2.24) is 14.3 Å². The van der Waals surface area contributed by atoms with E-state index in [1.165, 1.54) is 0 Å². The smallest absolute Gasteiger partial charge is 0.216 e. The molecule has 0 saturated heterocycles. The summed E-state index contributed by atoms with van der Waals surface area (Å²) in [5.74, 6) is -0.0938. The molecule has 0 bridgehead atoms. The summed E-state index contributed by atoms with van der Waals surface area (Å²) in [5, 5.41) is 11.2. The first-order valence-electron chi connectivity index (χ1n) is 9.51. The van der Waals surface area contributed by atoms with E-state index in [-0.39, 0.29) is 12.3 Å². The molecule has 2 aromatic carbocycles. The molecule has 0 aliphatic rings. The Morgan fingerprint density at radius 1 is 1.10 bits per heavy atom. The first kappa shape index (κ1) is 21.1. The number of pyridine rings is 1. The average Bonchev–Trinajstić information content (AvgIpc) is 3.04. The number of hydrogen-bond acceptors (Lipinski definition) is 4. The van der Waals surface area contributed by atoms with Crippen LogP contribution in [-0.2, 0) is 29.4 Å². The molecular weight excluding hydrogens is 432 g/mol. The molecule has 2 aromatic heterocycles. The van der Waals surface area contributed by atoms with Crippen LogP contribution in [0.15, 0.2) is 67.0 Å². The highest BCUT2D eigenvalue weighted by molar-refractivity contribution is 7.88. The van der Waals surface area contributed by atoms with Crippen molar-refractivity contribution >= 4 is 32.5 Å². The summed E-state index contributed by atoms with van der Waals surface area (Å²) in [7, 11) is -1.64. The van der Waals surface area contributed by atoms with E-state index in [9.17, 15) is 13.7 Å². The van der Waals surface area contributed by atoms with Gasteiger partial charge in [0, 0.05) is 42.0 Å². The van der Waals surface area contributed by atoms with Gasteiger partial charge in [-0.15, -0.1) is 0 Å². The van der Waals surface area contributed by atoms with E-state index < -0.39 is 10.0 Å². The van der Waals surface area contributed by atoms with Gasteiger partial charge < -0.3 is 4.57 Å². The molecule has 0 unspecified atom stereocenters. The lowest BCUT2D eigenvalue weighted by Gasteiger charge is -2.09. The molecule has 1 N–H and O–H groups in total. The van der Waals surface area contributed by atoms with Crippen LogP contribution in [0.3, 0.4) is 0 Å². The largest absolute Gasteiger partial charge is 0.342 e. The minimum atomic E-state index is -3.51. The Labute approximate surface area is 185 Å². The van der Waals surface area contributed by atoms with Crippen molar-refractivity contribution in [1.29, 1.82) is 5.26 Å². The Hall–Kier alpha value is -3.18. The number of benzene rings is 2. The summed E-state index contributed by atoms with van der Waals surface area (Å²) < 4.78 is 29.4. The van der Waals surface area contributed by atoms with Crippen LogP contribution in [0.2, 0.25) is 5.02 Å². The number of fused-ring (bicyclic) bond motifs is 1. The van der Waals surface area contributed by atoms with Crippen LogP contribution in [0.5, 0.6) is 0 Å². The van der Waals surface area contributed by atoms with E-state index in [0.717, 1.165) is 22.0 Å². The van der Waals surface area contributed by atoms with Gasteiger partial charge in [0.25, 0.3) is 0 Å². The van der Waals surface area contributed by atoms with Gasteiger partial charge in [-0.3, -0.25) is 4.98 Å². The minimum Gasteiger partial charge on any atom is -0.342 e.